The number of hydrogen-bond donors (Lipinski definition) is 0. The molecule has 0 bridgehead atoms. The van der Waals surface area contributed by atoms with Gasteiger partial charge in [-0.2, -0.15) is 44.7 Å². The second-order valence-electron chi connectivity index (χ2n) is 12.4. The number of nitrogens with zero attached hydrogens (tertiary/aromatic N) is 8. The summed E-state index contributed by atoms with van der Waals surface area (Å²) in [5, 5.41) is 62.7. The van der Waals surface area contributed by atoms with Crippen LogP contribution in [0, 0.1) is 68.0 Å². The van der Waals surface area contributed by atoms with Crippen molar-refractivity contribution in [3.8, 4) is 58.9 Å². The molecule has 2 aromatic heterocycles. The van der Waals surface area contributed by atoms with Crippen LogP contribution in [0.5, 0.6) is 0 Å². The fraction of sp³-hybridized carbons (Fsp3) is 0.0233. The molecule has 0 saturated heterocycles. The van der Waals surface area contributed by atoms with Gasteiger partial charge in [0.2, 0.25) is 0 Å². The van der Waals surface area contributed by atoms with Crippen LogP contribution in [0.1, 0.15) is 38.9 Å². The van der Waals surface area contributed by atoms with Crippen LogP contribution in [-0.4, -0.2) is 9.13 Å². The average Bonchev–Trinajstić information content (AvgIpc) is 3.70. The summed E-state index contributed by atoms with van der Waals surface area (Å²) < 4.78 is 48.0. The largest absolute Gasteiger partial charge is 0.417 e. The Morgan fingerprint density at radius 2 is 0.907 bits per heavy atom. The van der Waals surface area contributed by atoms with Crippen LogP contribution >= 0.6 is 0 Å². The van der Waals surface area contributed by atoms with E-state index in [2.05, 4.69) is 30.3 Å². The fourth-order valence-electron chi connectivity index (χ4n) is 7.31. The lowest BCUT2D eigenvalue weighted by Crippen LogP contribution is -2.11. The third-order valence-electron chi connectivity index (χ3n) is 9.54. The van der Waals surface area contributed by atoms with E-state index >= 15 is 0 Å². The molecule has 0 fully saturated rings. The molecule has 11 heteroatoms. The first-order valence-electron chi connectivity index (χ1n) is 16.1. The maximum atomic E-state index is 14.9. The van der Waals surface area contributed by atoms with E-state index in [1.165, 1.54) is 18.2 Å². The van der Waals surface area contributed by atoms with Gasteiger partial charge in [-0.25, -0.2) is 0 Å². The molecule has 250 valence electrons. The van der Waals surface area contributed by atoms with Gasteiger partial charge in [0.05, 0.1) is 97.2 Å². The molecule has 54 heavy (non-hydrogen) atoms. The molecular formula is C43H17F3N8. The number of alkyl halides is 3. The van der Waals surface area contributed by atoms with Crippen molar-refractivity contribution in [1.82, 2.24) is 9.13 Å². The van der Waals surface area contributed by atoms with Gasteiger partial charge in [-0.15, -0.1) is 0 Å². The number of nitriles is 6. The second kappa shape index (κ2) is 12.2. The van der Waals surface area contributed by atoms with Crippen LogP contribution in [-0.2, 0) is 6.18 Å². The Balaban J connectivity index is 1.62. The smallest absolute Gasteiger partial charge is 0.308 e. The minimum absolute atomic E-state index is 0.0231. The molecule has 0 aliphatic carbocycles. The van der Waals surface area contributed by atoms with E-state index < -0.39 is 17.3 Å². The van der Waals surface area contributed by atoms with Crippen molar-refractivity contribution in [3.63, 3.8) is 0 Å². The van der Waals surface area contributed by atoms with E-state index in [9.17, 15) is 44.7 Å². The van der Waals surface area contributed by atoms with Gasteiger partial charge < -0.3 is 9.13 Å². The Morgan fingerprint density at radius 3 is 1.30 bits per heavy atom. The Hall–Kier alpha value is -8.35. The first kappa shape index (κ1) is 32.8. The zero-order chi connectivity index (χ0) is 37.9. The van der Waals surface area contributed by atoms with Crippen LogP contribution in [0.15, 0.2) is 103 Å². The summed E-state index contributed by atoms with van der Waals surface area (Å²) in [6.07, 6.45) is -4.89. The molecule has 0 saturated carbocycles. The molecular weight excluding hydrogens is 686 g/mol. The van der Waals surface area contributed by atoms with Crippen molar-refractivity contribution < 1.29 is 13.2 Å². The van der Waals surface area contributed by atoms with Gasteiger partial charge in [0.1, 0.15) is 11.6 Å². The highest BCUT2D eigenvalue weighted by molar-refractivity contribution is 6.12. The number of hydrogen-bond acceptors (Lipinski definition) is 6. The van der Waals surface area contributed by atoms with Crippen molar-refractivity contribution in [2.45, 2.75) is 6.18 Å². The molecule has 0 radical (unpaired) electrons. The summed E-state index contributed by atoms with van der Waals surface area (Å²) in [5.74, 6) is 0. The van der Waals surface area contributed by atoms with Crippen LogP contribution < -0.4 is 0 Å². The maximum Gasteiger partial charge on any atom is 0.417 e. The summed E-state index contributed by atoms with van der Waals surface area (Å²) in [6.45, 7) is 0. The van der Waals surface area contributed by atoms with Gasteiger partial charge in [-0.1, -0.05) is 12.1 Å². The van der Waals surface area contributed by atoms with Crippen molar-refractivity contribution in [3.05, 3.63) is 142 Å². The van der Waals surface area contributed by atoms with Gasteiger partial charge >= 0.3 is 6.18 Å². The third-order valence-corrected chi connectivity index (χ3v) is 9.54. The average molecular weight is 703 g/mol. The van der Waals surface area contributed by atoms with Gasteiger partial charge in [0, 0.05) is 32.7 Å². The molecule has 0 unspecified atom stereocenters. The van der Waals surface area contributed by atoms with Gasteiger partial charge in [-0.05, 0) is 91.0 Å². The van der Waals surface area contributed by atoms with E-state index in [0.29, 0.717) is 65.9 Å². The normalized spacial score (nSPS) is 11.1. The second-order valence-corrected chi connectivity index (χ2v) is 12.4. The predicted molar refractivity (Wildman–Crippen MR) is 194 cm³/mol. The van der Waals surface area contributed by atoms with E-state index in [1.54, 1.807) is 81.9 Å². The van der Waals surface area contributed by atoms with Gasteiger partial charge in [0.25, 0.3) is 0 Å². The highest BCUT2D eigenvalue weighted by atomic mass is 19.4. The van der Waals surface area contributed by atoms with E-state index in [-0.39, 0.29) is 28.1 Å². The summed E-state index contributed by atoms with van der Waals surface area (Å²) >= 11 is 0. The lowest BCUT2D eigenvalue weighted by molar-refractivity contribution is -0.137. The minimum Gasteiger partial charge on any atom is -0.308 e. The number of fused-ring (bicyclic) bond motifs is 6. The number of benzene rings is 6. The van der Waals surface area contributed by atoms with Crippen LogP contribution in [0.3, 0.4) is 0 Å². The summed E-state index contributed by atoms with van der Waals surface area (Å²) in [6, 6.07) is 38.5. The van der Waals surface area contributed by atoms with Crippen molar-refractivity contribution in [2.75, 3.05) is 0 Å². The lowest BCUT2D eigenvalue weighted by Gasteiger charge is -2.22. The highest BCUT2D eigenvalue weighted by Gasteiger charge is 2.36. The third kappa shape index (κ3) is 4.80. The Bertz CT molecular complexity index is 3090. The predicted octanol–water partition coefficient (Wildman–Crippen LogP) is 9.80. The first-order valence-corrected chi connectivity index (χ1v) is 16.1. The monoisotopic (exact) mass is 702 g/mol. The van der Waals surface area contributed by atoms with Crippen molar-refractivity contribution >= 4 is 43.6 Å². The van der Waals surface area contributed by atoms with E-state index in [4.69, 9.17) is 0 Å². The van der Waals surface area contributed by atoms with Gasteiger partial charge in [-0.3, -0.25) is 0 Å². The first-order chi connectivity index (χ1) is 26.1. The summed E-state index contributed by atoms with van der Waals surface area (Å²) in [7, 11) is 0. The fourth-order valence-corrected chi connectivity index (χ4v) is 7.31. The van der Waals surface area contributed by atoms with Crippen molar-refractivity contribution in [2.24, 2.45) is 0 Å². The topological polar surface area (TPSA) is 153 Å². The molecule has 8 nitrogen and oxygen atoms in total. The zero-order valence-corrected chi connectivity index (χ0v) is 27.5. The quantitative estimate of drug-likeness (QED) is 0.179. The van der Waals surface area contributed by atoms with E-state index in [0.717, 1.165) is 12.1 Å². The lowest BCUT2D eigenvalue weighted by atomic mass is 9.90. The van der Waals surface area contributed by atoms with Crippen LogP contribution in [0.25, 0.3) is 66.1 Å². The molecule has 0 aliphatic rings. The molecule has 6 aromatic carbocycles. The highest BCUT2D eigenvalue weighted by Crippen LogP contribution is 2.46. The standard InChI is InChI=1S/C43H17F3N8/c44-43(45,46)35-3-1-2-28(22-51)41(35)29-8-13-40(53-36-9-4-24(18-47)14-30(36)31-15-25(19-48)5-10-37(31)53)34(23-52)42(29)54-38-11-6-26(20-49)16-32(38)33-17-27(21-50)7-12-39(33)54/h1-17H. The molecule has 0 N–H and O–H groups in total. The number of halogens is 3. The van der Waals surface area contributed by atoms with Crippen LogP contribution in [0.2, 0.25) is 0 Å². The van der Waals surface area contributed by atoms with Gasteiger partial charge in [0.15, 0.2) is 0 Å². The molecule has 0 atom stereocenters. The minimum atomic E-state index is -4.89. The van der Waals surface area contributed by atoms with Crippen LogP contribution in [0.4, 0.5) is 13.2 Å². The Morgan fingerprint density at radius 1 is 0.463 bits per heavy atom. The molecule has 0 spiro atoms. The molecule has 0 amide bonds. The number of aromatic nitrogens is 2. The Kier molecular flexibility index (Phi) is 7.39. The molecule has 8 aromatic rings. The summed E-state index contributed by atoms with van der Waals surface area (Å²) in [4.78, 5) is 0. The summed E-state index contributed by atoms with van der Waals surface area (Å²) in [5.41, 5.74) is 1.66. The molecule has 0 aliphatic heterocycles. The SMILES string of the molecule is N#Cc1ccc2c(c1)c1cc(C#N)ccc1n2-c1ccc(-c2c(C#N)cccc2C(F)(F)F)c(-n2c3ccc(C#N)cc3c3cc(C#N)ccc32)c1C#N. The number of rotatable bonds is 3. The Labute approximate surface area is 304 Å². The van der Waals surface area contributed by atoms with Crippen molar-refractivity contribution in [1.29, 1.82) is 31.6 Å². The van der Waals surface area contributed by atoms with E-state index in [1.807, 2.05) is 6.07 Å². The molecule has 2 heterocycles. The molecule has 8 rings (SSSR count). The maximum absolute atomic E-state index is 14.9. The zero-order valence-electron chi connectivity index (χ0n) is 27.5.